The van der Waals surface area contributed by atoms with Crippen LogP contribution in [0.2, 0.25) is 0 Å². The van der Waals surface area contributed by atoms with E-state index in [-0.39, 0.29) is 17.9 Å². The molecule has 420 valence electrons. The molecule has 0 aromatic heterocycles. The number of aldehydes is 5. The van der Waals surface area contributed by atoms with E-state index < -0.39 is 11.9 Å². The Morgan fingerprint density at radius 2 is 0.987 bits per heavy atom. The third kappa shape index (κ3) is 30.7. The maximum Gasteiger partial charge on any atom is 0.343 e. The van der Waals surface area contributed by atoms with Gasteiger partial charge in [-0.2, -0.15) is 0 Å². The van der Waals surface area contributed by atoms with Crippen LogP contribution in [0.1, 0.15) is 153 Å². The first-order valence-electron chi connectivity index (χ1n) is 26.1. The summed E-state index contributed by atoms with van der Waals surface area (Å²) in [7, 11) is 6.57. The number of allylic oxidation sites excluding steroid dienone is 2. The molecule has 0 aliphatic heterocycles. The van der Waals surface area contributed by atoms with Gasteiger partial charge >= 0.3 is 11.9 Å². The number of esters is 2. The van der Waals surface area contributed by atoms with Crippen molar-refractivity contribution in [2.75, 3.05) is 54.9 Å². The van der Waals surface area contributed by atoms with Crippen molar-refractivity contribution in [1.29, 1.82) is 0 Å². The van der Waals surface area contributed by atoms with E-state index in [1.165, 1.54) is 82.6 Å². The number of rotatable bonds is 28. The Labute approximate surface area is 462 Å². The topological polar surface area (TPSA) is 184 Å². The molecule has 1 aliphatic carbocycles. The minimum Gasteiger partial charge on any atom is -0.497 e. The lowest BCUT2D eigenvalue weighted by molar-refractivity contribution is -0.104. The molecule has 78 heavy (non-hydrogen) atoms. The second kappa shape index (κ2) is 45.4. The molecule has 6 rings (SSSR count). The van der Waals surface area contributed by atoms with Crippen LogP contribution in [0, 0.1) is 0 Å². The molecule has 5 aromatic rings. The van der Waals surface area contributed by atoms with E-state index >= 15 is 0 Å². The molecule has 5 aromatic carbocycles. The quantitative estimate of drug-likeness (QED) is 0.0151. The first-order chi connectivity index (χ1) is 38.0. The van der Waals surface area contributed by atoms with Crippen LogP contribution in [-0.4, -0.2) is 98.2 Å². The van der Waals surface area contributed by atoms with Gasteiger partial charge in [0.25, 0.3) is 0 Å². The summed E-state index contributed by atoms with van der Waals surface area (Å²) < 4.78 is 36.2. The van der Waals surface area contributed by atoms with Gasteiger partial charge in [-0.1, -0.05) is 88.9 Å². The van der Waals surface area contributed by atoms with E-state index in [9.17, 15) is 24.0 Å². The van der Waals surface area contributed by atoms with Crippen LogP contribution in [0.15, 0.2) is 141 Å². The van der Waals surface area contributed by atoms with Gasteiger partial charge in [0.2, 0.25) is 0 Å². The van der Waals surface area contributed by atoms with Gasteiger partial charge in [0.15, 0.2) is 6.29 Å². The lowest BCUT2D eigenvalue weighted by atomic mass is 9.80. The molecule has 0 atom stereocenters. The monoisotopic (exact) mass is 1070 g/mol. The van der Waals surface area contributed by atoms with Crippen LogP contribution >= 0.6 is 0 Å². The van der Waals surface area contributed by atoms with E-state index in [0.717, 1.165) is 74.4 Å². The zero-order valence-corrected chi connectivity index (χ0v) is 46.2. The predicted octanol–water partition coefficient (Wildman–Crippen LogP) is 13.3. The van der Waals surface area contributed by atoms with Crippen LogP contribution in [0.25, 0.3) is 0 Å². The Balaban J connectivity index is 0.000000551. The summed E-state index contributed by atoms with van der Waals surface area (Å²) in [6, 6.07) is 33.1. The van der Waals surface area contributed by atoms with Gasteiger partial charge in [0.05, 0.1) is 44.1 Å². The van der Waals surface area contributed by atoms with Crippen molar-refractivity contribution in [1.82, 2.24) is 0 Å². The predicted molar refractivity (Wildman–Crippen MR) is 306 cm³/mol. The maximum absolute atomic E-state index is 12.3. The summed E-state index contributed by atoms with van der Waals surface area (Å²) in [5, 5.41) is 0. The van der Waals surface area contributed by atoms with Crippen molar-refractivity contribution in [3.63, 3.8) is 0 Å². The molecule has 0 amide bonds. The van der Waals surface area contributed by atoms with Crippen molar-refractivity contribution >= 4 is 43.4 Å². The van der Waals surface area contributed by atoms with Crippen LogP contribution in [0.4, 0.5) is 0 Å². The molecule has 0 saturated heterocycles. The Morgan fingerprint density at radius 1 is 0.526 bits per heavy atom. The second-order valence-electron chi connectivity index (χ2n) is 17.2. The third-order valence-electron chi connectivity index (χ3n) is 11.5. The second-order valence-corrected chi connectivity index (χ2v) is 17.2. The summed E-state index contributed by atoms with van der Waals surface area (Å²) in [6.07, 6.45) is 21.6. The van der Waals surface area contributed by atoms with Crippen molar-refractivity contribution < 1.29 is 66.7 Å². The normalized spacial score (nSPS) is 10.7. The van der Waals surface area contributed by atoms with Gasteiger partial charge in [-0.25, -0.2) is 9.59 Å². The minimum atomic E-state index is -0.586. The summed E-state index contributed by atoms with van der Waals surface area (Å²) in [5.74, 6) is 1.98. The number of methoxy groups -OCH3 is 4. The van der Waals surface area contributed by atoms with Crippen LogP contribution in [-0.2, 0) is 30.2 Å². The molecule has 14 heteroatoms. The average molecular weight is 1070 g/mol. The van der Waals surface area contributed by atoms with Gasteiger partial charge < -0.3 is 33.2 Å². The molecule has 0 heterocycles. The summed E-state index contributed by atoms with van der Waals surface area (Å²) in [4.78, 5) is 74.9. The molecule has 0 radical (unpaired) electrons. The van der Waals surface area contributed by atoms with Crippen molar-refractivity contribution in [2.24, 2.45) is 0 Å². The summed E-state index contributed by atoms with van der Waals surface area (Å²) >= 11 is 0. The van der Waals surface area contributed by atoms with E-state index in [0.29, 0.717) is 53.5 Å². The van der Waals surface area contributed by atoms with Crippen LogP contribution in [0.3, 0.4) is 0 Å². The molecule has 0 bridgehead atoms. The molecule has 1 fully saturated rings. The van der Waals surface area contributed by atoms with E-state index in [1.807, 2.05) is 24.3 Å². The fraction of sp³-hybridized carbons (Fsp3) is 0.359. The van der Waals surface area contributed by atoms with Gasteiger partial charge in [0.1, 0.15) is 48.1 Å². The number of unbranched alkanes of at least 4 members (excludes halogenated alkanes) is 7. The average Bonchev–Trinajstić information content (AvgIpc) is 3.48. The summed E-state index contributed by atoms with van der Waals surface area (Å²) in [6.45, 7) is 11.1. The first kappa shape index (κ1) is 68.2. The molecule has 0 spiro atoms. The van der Waals surface area contributed by atoms with E-state index in [4.69, 9.17) is 42.7 Å². The van der Waals surface area contributed by atoms with Crippen molar-refractivity contribution in [3.8, 4) is 23.0 Å². The van der Waals surface area contributed by atoms with Gasteiger partial charge in [-0.3, -0.25) is 24.0 Å². The number of carbonyl (C=O) groups is 7. The number of carbonyl (C=O) groups excluding carboxylic acids is 7. The molecule has 1 aliphatic rings. The third-order valence-corrected chi connectivity index (χ3v) is 11.5. The van der Waals surface area contributed by atoms with E-state index in [2.05, 4.69) is 32.2 Å². The Bertz CT molecular complexity index is 2400. The minimum absolute atomic E-state index is 0.133. The van der Waals surface area contributed by atoms with Crippen molar-refractivity contribution in [3.05, 3.63) is 180 Å². The smallest absolute Gasteiger partial charge is 0.343 e. The molecular weight excluding hydrogens is 993 g/mol. The van der Waals surface area contributed by atoms with Gasteiger partial charge in [-0.15, -0.1) is 0 Å². The number of hydrogen-bond acceptors (Lipinski definition) is 14. The fourth-order valence-electron chi connectivity index (χ4n) is 6.87. The summed E-state index contributed by atoms with van der Waals surface area (Å²) in [5.41, 5.74) is 4.59. The largest absolute Gasteiger partial charge is 0.497 e. The fourth-order valence-corrected chi connectivity index (χ4v) is 6.87. The Hall–Kier alpha value is -7.81. The SMILES string of the molecule is C=CC=O.C=CC=O.CCCCCCCOC.COCCCCCCOc1ccc(C=O)cc1.COc1ccc(C(=O)OCCc2ccc(OC(=O)c3ccc(OC)cc3)c(C=O)c2)cc1.O=Cc1ccc(C2CCC2)cc1. The highest BCUT2D eigenvalue weighted by Crippen LogP contribution is 2.36. The molecule has 0 unspecified atom stereocenters. The van der Waals surface area contributed by atoms with Crippen LogP contribution in [0.5, 0.6) is 23.0 Å². The highest BCUT2D eigenvalue weighted by molar-refractivity contribution is 5.93. The van der Waals surface area contributed by atoms with Gasteiger partial charge in [-0.05, 0) is 153 Å². The lowest BCUT2D eigenvalue weighted by Gasteiger charge is -2.25. The maximum atomic E-state index is 12.3. The zero-order valence-electron chi connectivity index (χ0n) is 46.2. The zero-order chi connectivity index (χ0) is 57.4. The molecular formula is C64H80O14. The standard InChI is InChI=1S/C25H22O7.C14H20O3.C11H12O.C8H18O.2C3H4O/c1-29-21-8-4-18(5-9-21)24(27)31-14-13-17-3-12-23(20(15-17)16-26)32-25(28)19-6-10-22(30-2)11-7-19;1-16-10-4-2-3-5-11-17-14-8-6-13(12-15)7-9-14;12-8-9-4-6-11(7-5-9)10-2-1-3-10;1-3-4-5-6-7-8-9-2;2*1-2-3-4/h3-12,15-16H,13-14H2,1-2H3;6-9,12H,2-5,10-11H2,1H3;4-8,10H,1-3H2;3-8H2,1-2H3;2*2-3H,1H2. The van der Waals surface area contributed by atoms with E-state index in [1.54, 1.807) is 100 Å². The Kier molecular flexibility index (Phi) is 39.7. The first-order valence-corrected chi connectivity index (χ1v) is 26.1. The number of hydrogen-bond donors (Lipinski definition) is 0. The highest BCUT2D eigenvalue weighted by atomic mass is 16.5. The highest BCUT2D eigenvalue weighted by Gasteiger charge is 2.19. The number of benzene rings is 5. The molecule has 14 nitrogen and oxygen atoms in total. The number of ether oxygens (including phenoxy) is 7. The van der Waals surface area contributed by atoms with Crippen LogP contribution < -0.4 is 18.9 Å². The molecule has 1 saturated carbocycles. The van der Waals surface area contributed by atoms with Gasteiger partial charge in [0, 0.05) is 45.0 Å². The lowest BCUT2D eigenvalue weighted by Crippen LogP contribution is -2.10. The Morgan fingerprint density at radius 3 is 1.41 bits per heavy atom. The van der Waals surface area contributed by atoms with Crippen molar-refractivity contribution in [2.45, 2.75) is 96.3 Å². The molecule has 0 N–H and O–H groups in total.